The molecule has 1 amide bonds. The van der Waals surface area contributed by atoms with Crippen LogP contribution in [0.15, 0.2) is 22.9 Å². The summed E-state index contributed by atoms with van der Waals surface area (Å²) in [5, 5.41) is 13.0. The third-order valence-corrected chi connectivity index (χ3v) is 4.90. The number of aliphatic hydroxyl groups excluding tert-OH is 1. The second-order valence-electron chi connectivity index (χ2n) is 4.35. The average Bonchev–Trinajstić information content (AvgIpc) is 3.07. The van der Waals surface area contributed by atoms with Crippen LogP contribution >= 0.6 is 34.3 Å². The first-order valence-electron chi connectivity index (χ1n) is 6.27. The molecule has 3 nitrogen and oxygen atoms in total. The number of halogens is 1. The Morgan fingerprint density at radius 1 is 1.48 bits per heavy atom. The fourth-order valence-corrected chi connectivity index (χ4v) is 3.60. The minimum absolute atomic E-state index is 0.0735. The summed E-state index contributed by atoms with van der Waals surface area (Å²) >= 11 is 8.87. The molecule has 2 rings (SSSR count). The predicted octanol–water partition coefficient (Wildman–Crippen LogP) is 3.47. The van der Waals surface area contributed by atoms with Gasteiger partial charge in [-0.25, -0.2) is 0 Å². The molecule has 0 bridgehead atoms. The van der Waals surface area contributed by atoms with Gasteiger partial charge in [0.25, 0.3) is 5.91 Å². The molecule has 0 saturated carbocycles. The molecule has 21 heavy (non-hydrogen) atoms. The molecule has 0 aliphatic rings. The van der Waals surface area contributed by atoms with E-state index < -0.39 is 0 Å². The van der Waals surface area contributed by atoms with Crippen LogP contribution in [0.4, 0.5) is 0 Å². The van der Waals surface area contributed by atoms with Crippen LogP contribution in [-0.4, -0.2) is 29.6 Å². The third-order valence-electron chi connectivity index (χ3n) is 2.68. The molecule has 0 unspecified atom stereocenters. The van der Waals surface area contributed by atoms with Crippen LogP contribution in [-0.2, 0) is 6.54 Å². The summed E-state index contributed by atoms with van der Waals surface area (Å²) in [6, 6.07) is 3.70. The number of hydrogen-bond donors (Lipinski definition) is 1. The van der Waals surface area contributed by atoms with Crippen LogP contribution in [0.5, 0.6) is 0 Å². The Morgan fingerprint density at radius 2 is 2.29 bits per heavy atom. The quantitative estimate of drug-likeness (QED) is 0.866. The zero-order valence-electron chi connectivity index (χ0n) is 11.4. The molecule has 2 aromatic rings. The predicted molar refractivity (Wildman–Crippen MR) is 88.0 cm³/mol. The number of amides is 1. The Hall–Kier alpha value is -1.32. The maximum atomic E-state index is 12.2. The lowest BCUT2D eigenvalue weighted by molar-refractivity contribution is 0.0790. The molecule has 2 aromatic heterocycles. The van der Waals surface area contributed by atoms with Crippen molar-refractivity contribution in [1.29, 1.82) is 0 Å². The Labute approximate surface area is 136 Å². The highest BCUT2D eigenvalue weighted by Gasteiger charge is 2.17. The zero-order valence-corrected chi connectivity index (χ0v) is 13.8. The standard InChI is InChI=1S/C15H14ClNO2S2/c1-17(15(19)14-13(16)5-7-20-14)9-11-8-12(21-10-11)4-2-3-6-18/h5,7-8,10,18H,3,6,9H2,1H3. The highest BCUT2D eigenvalue weighted by atomic mass is 35.5. The van der Waals surface area contributed by atoms with E-state index in [-0.39, 0.29) is 12.5 Å². The van der Waals surface area contributed by atoms with Gasteiger partial charge in [-0.3, -0.25) is 4.79 Å². The van der Waals surface area contributed by atoms with Gasteiger partial charge >= 0.3 is 0 Å². The van der Waals surface area contributed by atoms with Gasteiger partial charge in [0.15, 0.2) is 0 Å². The van der Waals surface area contributed by atoms with E-state index in [9.17, 15) is 4.79 Å². The van der Waals surface area contributed by atoms with Crippen LogP contribution in [0.1, 0.15) is 26.5 Å². The number of carbonyl (C=O) groups excluding carboxylic acids is 1. The molecule has 0 saturated heterocycles. The van der Waals surface area contributed by atoms with Crippen molar-refractivity contribution in [2.24, 2.45) is 0 Å². The van der Waals surface area contributed by atoms with Crippen molar-refractivity contribution in [3.05, 3.63) is 43.2 Å². The number of hydrogen-bond acceptors (Lipinski definition) is 4. The van der Waals surface area contributed by atoms with Crippen molar-refractivity contribution < 1.29 is 9.90 Å². The lowest BCUT2D eigenvalue weighted by Gasteiger charge is -2.15. The maximum Gasteiger partial charge on any atom is 0.265 e. The normalized spacial score (nSPS) is 10.0. The smallest absolute Gasteiger partial charge is 0.265 e. The van der Waals surface area contributed by atoms with E-state index in [4.69, 9.17) is 16.7 Å². The molecule has 0 fully saturated rings. The number of thiophene rings is 2. The molecule has 110 valence electrons. The fourth-order valence-electron chi connectivity index (χ4n) is 1.69. The summed E-state index contributed by atoms with van der Waals surface area (Å²) in [5.41, 5.74) is 1.04. The van der Waals surface area contributed by atoms with Crippen molar-refractivity contribution in [1.82, 2.24) is 4.90 Å². The summed E-state index contributed by atoms with van der Waals surface area (Å²) in [6.45, 7) is 0.593. The second-order valence-corrected chi connectivity index (χ2v) is 6.59. The molecule has 0 radical (unpaired) electrons. The van der Waals surface area contributed by atoms with Gasteiger partial charge in [0.05, 0.1) is 16.5 Å². The van der Waals surface area contributed by atoms with Crippen molar-refractivity contribution in [2.75, 3.05) is 13.7 Å². The van der Waals surface area contributed by atoms with Gasteiger partial charge < -0.3 is 10.0 Å². The van der Waals surface area contributed by atoms with E-state index in [0.717, 1.165) is 10.4 Å². The average molecular weight is 340 g/mol. The topological polar surface area (TPSA) is 40.5 Å². The maximum absolute atomic E-state index is 12.2. The molecule has 1 N–H and O–H groups in total. The van der Waals surface area contributed by atoms with E-state index in [2.05, 4.69) is 11.8 Å². The zero-order chi connectivity index (χ0) is 15.2. The van der Waals surface area contributed by atoms with Crippen LogP contribution in [0.2, 0.25) is 5.02 Å². The summed E-state index contributed by atoms with van der Waals surface area (Å²) < 4.78 is 0. The number of carbonyl (C=O) groups is 1. The Morgan fingerprint density at radius 3 is 2.95 bits per heavy atom. The van der Waals surface area contributed by atoms with Crippen molar-refractivity contribution in [2.45, 2.75) is 13.0 Å². The van der Waals surface area contributed by atoms with Crippen LogP contribution < -0.4 is 0 Å². The first kappa shape index (κ1) is 16.1. The summed E-state index contributed by atoms with van der Waals surface area (Å²) in [6.07, 6.45) is 0.475. The number of aliphatic hydroxyl groups is 1. The first-order valence-corrected chi connectivity index (χ1v) is 8.41. The SMILES string of the molecule is CN(Cc1csc(C#CCCO)c1)C(=O)c1sccc1Cl. The molecule has 0 atom stereocenters. The van der Waals surface area contributed by atoms with Crippen molar-refractivity contribution in [3.8, 4) is 11.8 Å². The Kier molecular flexibility index (Phi) is 5.83. The molecule has 0 aromatic carbocycles. The van der Waals surface area contributed by atoms with E-state index in [1.165, 1.54) is 22.7 Å². The highest BCUT2D eigenvalue weighted by Crippen LogP contribution is 2.24. The van der Waals surface area contributed by atoms with Gasteiger partial charge in [0.2, 0.25) is 0 Å². The molecule has 6 heteroatoms. The fraction of sp³-hybridized carbons (Fsp3) is 0.267. The van der Waals surface area contributed by atoms with E-state index in [1.54, 1.807) is 18.0 Å². The lowest BCUT2D eigenvalue weighted by atomic mass is 10.2. The number of rotatable bonds is 4. The number of nitrogens with zero attached hydrogens (tertiary/aromatic N) is 1. The Balaban J connectivity index is 2.00. The minimum Gasteiger partial charge on any atom is -0.395 e. The van der Waals surface area contributed by atoms with Gasteiger partial charge in [-0.1, -0.05) is 23.4 Å². The van der Waals surface area contributed by atoms with Gasteiger partial charge in [-0.15, -0.1) is 22.7 Å². The van der Waals surface area contributed by atoms with Gasteiger partial charge in [-0.05, 0) is 28.5 Å². The molecule has 2 heterocycles. The molecule has 0 aliphatic heterocycles. The van der Waals surface area contributed by atoms with Gasteiger partial charge in [0.1, 0.15) is 4.88 Å². The van der Waals surface area contributed by atoms with Crippen molar-refractivity contribution >= 4 is 40.2 Å². The molecular weight excluding hydrogens is 326 g/mol. The molecule has 0 aliphatic carbocycles. The van der Waals surface area contributed by atoms with Gasteiger partial charge in [-0.2, -0.15) is 0 Å². The van der Waals surface area contributed by atoms with E-state index in [1.807, 2.05) is 16.8 Å². The third kappa shape index (κ3) is 4.32. The van der Waals surface area contributed by atoms with Crippen molar-refractivity contribution in [3.63, 3.8) is 0 Å². The molecular formula is C15H14ClNO2S2. The first-order chi connectivity index (χ1) is 10.1. The summed E-state index contributed by atoms with van der Waals surface area (Å²) in [5.74, 6) is 5.80. The Bertz CT molecular complexity index is 681. The van der Waals surface area contributed by atoms with Gasteiger partial charge in [0, 0.05) is 20.0 Å². The summed E-state index contributed by atoms with van der Waals surface area (Å²) in [4.78, 5) is 15.4. The van der Waals surface area contributed by atoms with Crippen LogP contribution in [0.3, 0.4) is 0 Å². The highest BCUT2D eigenvalue weighted by molar-refractivity contribution is 7.12. The van der Waals surface area contributed by atoms with Crippen LogP contribution in [0, 0.1) is 11.8 Å². The van der Waals surface area contributed by atoms with E-state index in [0.29, 0.717) is 22.9 Å². The monoisotopic (exact) mass is 339 g/mol. The van der Waals surface area contributed by atoms with E-state index >= 15 is 0 Å². The molecule has 0 spiro atoms. The van der Waals surface area contributed by atoms with Crippen LogP contribution in [0.25, 0.3) is 0 Å². The second kappa shape index (κ2) is 7.62. The minimum atomic E-state index is -0.0749. The summed E-state index contributed by atoms with van der Waals surface area (Å²) in [7, 11) is 1.76. The largest absolute Gasteiger partial charge is 0.395 e. The lowest BCUT2D eigenvalue weighted by Crippen LogP contribution is -2.25.